The van der Waals surface area contributed by atoms with Gasteiger partial charge in [-0.15, -0.1) is 0 Å². The molecule has 7 nitrogen and oxygen atoms in total. The van der Waals surface area contributed by atoms with Crippen molar-refractivity contribution in [1.82, 2.24) is 9.97 Å². The lowest BCUT2D eigenvalue weighted by molar-refractivity contribution is 0.600. The van der Waals surface area contributed by atoms with Crippen LogP contribution in [0.5, 0.6) is 0 Å². The SMILES string of the molecule is Cc1nc(Nc2ccc(NS(=O)(=O)c3ccc4c(c3)CCCC4)cc2)cc(N2CCCC2)n1. The van der Waals surface area contributed by atoms with Crippen molar-refractivity contribution in [3.05, 3.63) is 65.5 Å². The van der Waals surface area contributed by atoms with Gasteiger partial charge in [0.25, 0.3) is 10.0 Å². The van der Waals surface area contributed by atoms with Gasteiger partial charge in [0.2, 0.25) is 0 Å². The zero-order valence-corrected chi connectivity index (χ0v) is 19.7. The second-order valence-electron chi connectivity index (χ2n) is 8.80. The number of aryl methyl sites for hydroxylation is 3. The van der Waals surface area contributed by atoms with E-state index in [-0.39, 0.29) is 0 Å². The number of aromatic nitrogens is 2. The first-order valence-electron chi connectivity index (χ1n) is 11.6. The normalized spacial score (nSPS) is 15.8. The molecule has 3 aromatic rings. The topological polar surface area (TPSA) is 87.2 Å². The van der Waals surface area contributed by atoms with Gasteiger partial charge in [0, 0.05) is 30.5 Å². The van der Waals surface area contributed by atoms with E-state index in [0.717, 1.165) is 61.1 Å². The minimum atomic E-state index is -3.64. The van der Waals surface area contributed by atoms with Crippen LogP contribution in [0.3, 0.4) is 0 Å². The van der Waals surface area contributed by atoms with Crippen LogP contribution in [0.1, 0.15) is 42.6 Å². The van der Waals surface area contributed by atoms with Gasteiger partial charge in [0.15, 0.2) is 0 Å². The number of fused-ring (bicyclic) bond motifs is 1. The molecule has 2 N–H and O–H groups in total. The van der Waals surface area contributed by atoms with Crippen LogP contribution < -0.4 is 14.9 Å². The smallest absolute Gasteiger partial charge is 0.261 e. The van der Waals surface area contributed by atoms with Gasteiger partial charge in [-0.2, -0.15) is 0 Å². The van der Waals surface area contributed by atoms with Crippen LogP contribution in [0.2, 0.25) is 0 Å². The highest BCUT2D eigenvalue weighted by molar-refractivity contribution is 7.92. The van der Waals surface area contributed by atoms with Gasteiger partial charge in [0.05, 0.1) is 4.90 Å². The van der Waals surface area contributed by atoms with Crippen molar-refractivity contribution in [3.63, 3.8) is 0 Å². The number of hydrogen-bond acceptors (Lipinski definition) is 6. The van der Waals surface area contributed by atoms with E-state index < -0.39 is 10.0 Å². The highest BCUT2D eigenvalue weighted by Gasteiger charge is 2.18. The van der Waals surface area contributed by atoms with E-state index in [1.54, 1.807) is 18.2 Å². The number of nitrogens with one attached hydrogen (secondary N) is 2. The molecule has 2 heterocycles. The Labute approximate surface area is 195 Å². The Hall–Kier alpha value is -3.13. The zero-order valence-electron chi connectivity index (χ0n) is 18.8. The first-order chi connectivity index (χ1) is 16.0. The van der Waals surface area contributed by atoms with Crippen LogP contribution >= 0.6 is 0 Å². The lowest BCUT2D eigenvalue weighted by Gasteiger charge is -2.18. The molecule has 5 rings (SSSR count). The molecule has 0 amide bonds. The number of anilines is 4. The average Bonchev–Trinajstić information content (AvgIpc) is 3.35. The Morgan fingerprint density at radius 3 is 2.27 bits per heavy atom. The van der Waals surface area contributed by atoms with Crippen molar-refractivity contribution >= 4 is 33.0 Å². The molecule has 2 aliphatic rings. The van der Waals surface area contributed by atoms with Crippen LogP contribution in [0, 0.1) is 6.92 Å². The van der Waals surface area contributed by atoms with Gasteiger partial charge in [0.1, 0.15) is 17.5 Å². The lowest BCUT2D eigenvalue weighted by atomic mass is 9.92. The summed E-state index contributed by atoms with van der Waals surface area (Å²) >= 11 is 0. The molecule has 1 aliphatic heterocycles. The zero-order chi connectivity index (χ0) is 22.8. The maximum Gasteiger partial charge on any atom is 0.261 e. The molecule has 33 heavy (non-hydrogen) atoms. The summed E-state index contributed by atoms with van der Waals surface area (Å²) in [6, 6.07) is 14.7. The summed E-state index contributed by atoms with van der Waals surface area (Å²) in [5.74, 6) is 2.39. The number of nitrogens with zero attached hydrogens (tertiary/aromatic N) is 3. The predicted octanol–water partition coefficient (Wildman–Crippen LogP) is 4.81. The van der Waals surface area contributed by atoms with Gasteiger partial charge < -0.3 is 10.2 Å². The van der Waals surface area contributed by atoms with Gasteiger partial charge in [-0.05, 0) is 93.0 Å². The number of rotatable bonds is 6. The Balaban J connectivity index is 1.29. The third-order valence-corrected chi connectivity index (χ3v) is 7.67. The molecule has 1 fully saturated rings. The molecule has 1 aliphatic carbocycles. The maximum absolute atomic E-state index is 12.9. The van der Waals surface area contributed by atoms with Gasteiger partial charge in [-0.3, -0.25) is 4.72 Å². The van der Waals surface area contributed by atoms with E-state index in [1.807, 2.05) is 37.3 Å². The first-order valence-corrected chi connectivity index (χ1v) is 13.1. The quantitative estimate of drug-likeness (QED) is 0.546. The Morgan fingerprint density at radius 2 is 1.52 bits per heavy atom. The molecule has 8 heteroatoms. The number of hydrogen-bond donors (Lipinski definition) is 2. The van der Waals surface area contributed by atoms with Crippen molar-refractivity contribution in [1.29, 1.82) is 0 Å². The van der Waals surface area contributed by atoms with E-state index in [2.05, 4.69) is 24.9 Å². The summed E-state index contributed by atoms with van der Waals surface area (Å²) in [7, 11) is -3.64. The van der Waals surface area contributed by atoms with Gasteiger partial charge in [-0.25, -0.2) is 18.4 Å². The fourth-order valence-corrected chi connectivity index (χ4v) is 5.69. The minimum absolute atomic E-state index is 0.316. The Morgan fingerprint density at radius 1 is 0.818 bits per heavy atom. The van der Waals surface area contributed by atoms with Gasteiger partial charge >= 0.3 is 0 Å². The van der Waals surface area contributed by atoms with E-state index in [0.29, 0.717) is 10.6 Å². The summed E-state index contributed by atoms with van der Waals surface area (Å²) in [5, 5.41) is 3.31. The summed E-state index contributed by atoms with van der Waals surface area (Å²) in [6.07, 6.45) is 6.64. The molecule has 0 spiro atoms. The molecule has 2 aromatic carbocycles. The van der Waals surface area contributed by atoms with Crippen molar-refractivity contribution in [3.8, 4) is 0 Å². The number of sulfonamides is 1. The Kier molecular flexibility index (Phi) is 5.93. The second-order valence-corrected chi connectivity index (χ2v) is 10.5. The second kappa shape index (κ2) is 9.02. The summed E-state index contributed by atoms with van der Waals surface area (Å²) < 4.78 is 28.5. The molecular formula is C25H29N5O2S. The fourth-order valence-electron chi connectivity index (χ4n) is 4.58. The van der Waals surface area contributed by atoms with Crippen LogP contribution in [0.15, 0.2) is 53.4 Å². The molecule has 1 saturated heterocycles. The number of benzene rings is 2. The molecule has 0 unspecified atom stereocenters. The van der Waals surface area contributed by atoms with Crippen molar-refractivity contribution < 1.29 is 8.42 Å². The molecule has 1 aromatic heterocycles. The van der Waals surface area contributed by atoms with Crippen molar-refractivity contribution in [2.24, 2.45) is 0 Å². The monoisotopic (exact) mass is 463 g/mol. The molecule has 0 atom stereocenters. The molecule has 172 valence electrons. The summed E-state index contributed by atoms with van der Waals surface area (Å²) in [6.45, 7) is 3.94. The van der Waals surface area contributed by atoms with Crippen molar-refractivity contribution in [2.45, 2.75) is 50.3 Å². The first kappa shape index (κ1) is 21.7. The third kappa shape index (κ3) is 4.95. The van der Waals surface area contributed by atoms with Crippen LogP contribution in [-0.4, -0.2) is 31.5 Å². The molecule has 0 bridgehead atoms. The highest BCUT2D eigenvalue weighted by atomic mass is 32.2. The van der Waals surface area contributed by atoms with E-state index in [9.17, 15) is 8.42 Å². The minimum Gasteiger partial charge on any atom is -0.356 e. The highest BCUT2D eigenvalue weighted by Crippen LogP contribution is 2.27. The maximum atomic E-state index is 12.9. The third-order valence-electron chi connectivity index (χ3n) is 6.29. The van der Waals surface area contributed by atoms with Crippen LogP contribution in [0.25, 0.3) is 0 Å². The summed E-state index contributed by atoms with van der Waals surface area (Å²) in [4.78, 5) is 11.7. The molecular weight excluding hydrogens is 434 g/mol. The Bertz CT molecular complexity index is 1250. The molecule has 0 radical (unpaired) electrons. The van der Waals surface area contributed by atoms with E-state index in [1.165, 1.54) is 24.8 Å². The average molecular weight is 464 g/mol. The van der Waals surface area contributed by atoms with Gasteiger partial charge in [-0.1, -0.05) is 6.07 Å². The van der Waals surface area contributed by atoms with E-state index in [4.69, 9.17) is 0 Å². The van der Waals surface area contributed by atoms with E-state index >= 15 is 0 Å². The largest absolute Gasteiger partial charge is 0.356 e. The fraction of sp³-hybridized carbons (Fsp3) is 0.360. The predicted molar refractivity (Wildman–Crippen MR) is 132 cm³/mol. The lowest BCUT2D eigenvalue weighted by Crippen LogP contribution is -2.19. The van der Waals surface area contributed by atoms with Crippen molar-refractivity contribution in [2.75, 3.05) is 28.0 Å². The van der Waals surface area contributed by atoms with Crippen LogP contribution in [0.4, 0.5) is 23.0 Å². The van der Waals surface area contributed by atoms with Crippen LogP contribution in [-0.2, 0) is 22.9 Å². The summed E-state index contributed by atoms with van der Waals surface area (Å²) in [5.41, 5.74) is 3.77. The standard InChI is InChI=1S/C25H29N5O2S/c1-18-26-24(17-25(27-18)30-14-4-5-15-30)28-21-9-11-22(12-10-21)29-33(31,32)23-13-8-19-6-2-3-7-20(19)16-23/h8-13,16-17,29H,2-7,14-15H2,1H3,(H,26,27,28). The molecule has 0 saturated carbocycles.